The Balaban J connectivity index is 2.82. The van der Waals surface area contributed by atoms with Gasteiger partial charge in [0.25, 0.3) is 0 Å². The third-order valence-corrected chi connectivity index (χ3v) is 3.91. The van der Waals surface area contributed by atoms with Gasteiger partial charge in [0.05, 0.1) is 12.5 Å². The molecule has 1 aromatic rings. The van der Waals surface area contributed by atoms with Crippen LogP contribution in [-0.4, -0.2) is 63.2 Å². The molecule has 2 amide bonds. The lowest BCUT2D eigenvalue weighted by molar-refractivity contribution is -0.143. The van der Waals surface area contributed by atoms with Gasteiger partial charge in [-0.1, -0.05) is 30.3 Å². The molecule has 0 aromatic heterocycles. The SMILES string of the molecule is N[C@@H](CCC(=O)O)C(=O)N[C@@H](CC(=O)O)C(=O)N[C@@H](Cc1ccccc1)C(=O)O. The molecule has 7 N–H and O–H groups in total. The minimum Gasteiger partial charge on any atom is -0.481 e. The van der Waals surface area contributed by atoms with Crippen LogP contribution in [0.1, 0.15) is 24.8 Å². The number of benzene rings is 1. The van der Waals surface area contributed by atoms with E-state index in [1.807, 2.05) is 0 Å². The quantitative estimate of drug-likeness (QED) is 0.249. The van der Waals surface area contributed by atoms with Gasteiger partial charge in [0.2, 0.25) is 11.8 Å². The predicted molar refractivity (Wildman–Crippen MR) is 98.7 cm³/mol. The summed E-state index contributed by atoms with van der Waals surface area (Å²) >= 11 is 0. The third-order valence-electron chi connectivity index (χ3n) is 3.91. The number of carbonyl (C=O) groups excluding carboxylic acids is 2. The topological polar surface area (TPSA) is 196 Å². The van der Waals surface area contributed by atoms with Crippen molar-refractivity contribution in [2.45, 2.75) is 43.8 Å². The number of rotatable bonds is 12. The fraction of sp³-hybridized carbons (Fsp3) is 0.389. The third kappa shape index (κ3) is 8.84. The monoisotopic (exact) mass is 409 g/mol. The van der Waals surface area contributed by atoms with E-state index in [9.17, 15) is 29.1 Å². The van der Waals surface area contributed by atoms with Gasteiger partial charge in [-0.3, -0.25) is 19.2 Å². The van der Waals surface area contributed by atoms with Gasteiger partial charge in [0.15, 0.2) is 0 Å². The molecule has 29 heavy (non-hydrogen) atoms. The molecule has 1 rings (SSSR count). The Labute approximate surface area is 165 Å². The fourth-order valence-corrected chi connectivity index (χ4v) is 2.39. The molecule has 0 heterocycles. The Morgan fingerprint density at radius 1 is 0.862 bits per heavy atom. The fourth-order valence-electron chi connectivity index (χ4n) is 2.39. The second-order valence-corrected chi connectivity index (χ2v) is 6.29. The van der Waals surface area contributed by atoms with Crippen LogP contribution in [0.25, 0.3) is 0 Å². The zero-order valence-corrected chi connectivity index (χ0v) is 15.4. The van der Waals surface area contributed by atoms with Crippen molar-refractivity contribution >= 4 is 29.7 Å². The maximum absolute atomic E-state index is 12.4. The van der Waals surface area contributed by atoms with E-state index in [2.05, 4.69) is 10.6 Å². The van der Waals surface area contributed by atoms with E-state index in [1.165, 1.54) is 0 Å². The van der Waals surface area contributed by atoms with Crippen molar-refractivity contribution in [1.82, 2.24) is 10.6 Å². The summed E-state index contributed by atoms with van der Waals surface area (Å²) in [7, 11) is 0. The Hall–Kier alpha value is -3.47. The average molecular weight is 409 g/mol. The lowest BCUT2D eigenvalue weighted by Crippen LogP contribution is -2.55. The van der Waals surface area contributed by atoms with Gasteiger partial charge in [-0.2, -0.15) is 0 Å². The maximum atomic E-state index is 12.4. The minimum absolute atomic E-state index is 0.0478. The van der Waals surface area contributed by atoms with Gasteiger partial charge in [-0.05, 0) is 12.0 Å². The first kappa shape index (κ1) is 23.6. The summed E-state index contributed by atoms with van der Waals surface area (Å²) in [5, 5.41) is 31.3. The average Bonchev–Trinajstić information content (AvgIpc) is 2.65. The summed E-state index contributed by atoms with van der Waals surface area (Å²) in [5.74, 6) is -5.82. The summed E-state index contributed by atoms with van der Waals surface area (Å²) in [5.41, 5.74) is 6.18. The van der Waals surface area contributed by atoms with Gasteiger partial charge in [-0.15, -0.1) is 0 Å². The first-order valence-corrected chi connectivity index (χ1v) is 8.66. The van der Waals surface area contributed by atoms with Crippen LogP contribution in [0, 0.1) is 0 Å². The normalized spacial score (nSPS) is 13.6. The number of nitrogens with two attached hydrogens (primary N) is 1. The Kier molecular flexibility index (Phi) is 9.26. The Bertz CT molecular complexity index is 753. The van der Waals surface area contributed by atoms with Crippen LogP contribution in [0.4, 0.5) is 0 Å². The zero-order valence-electron chi connectivity index (χ0n) is 15.4. The summed E-state index contributed by atoms with van der Waals surface area (Å²) in [6.45, 7) is 0. The van der Waals surface area contributed by atoms with Crippen LogP contribution in [-0.2, 0) is 30.4 Å². The van der Waals surface area contributed by atoms with Crippen molar-refractivity contribution in [2.75, 3.05) is 0 Å². The molecule has 0 aliphatic rings. The molecule has 0 aliphatic carbocycles. The molecule has 1 aromatic carbocycles. The first-order chi connectivity index (χ1) is 13.6. The van der Waals surface area contributed by atoms with E-state index in [-0.39, 0.29) is 19.3 Å². The second kappa shape index (κ2) is 11.4. The summed E-state index contributed by atoms with van der Waals surface area (Å²) in [4.78, 5) is 57.5. The first-order valence-electron chi connectivity index (χ1n) is 8.66. The minimum atomic E-state index is -1.58. The molecule has 11 nitrogen and oxygen atoms in total. The van der Waals surface area contributed by atoms with E-state index < -0.39 is 54.3 Å². The van der Waals surface area contributed by atoms with Gasteiger partial charge in [0, 0.05) is 12.8 Å². The molecule has 3 atom stereocenters. The highest BCUT2D eigenvalue weighted by Gasteiger charge is 2.29. The Morgan fingerprint density at radius 2 is 1.45 bits per heavy atom. The lowest BCUT2D eigenvalue weighted by Gasteiger charge is -2.22. The summed E-state index contributed by atoms with van der Waals surface area (Å²) in [6, 6.07) is 4.27. The highest BCUT2D eigenvalue weighted by atomic mass is 16.4. The zero-order chi connectivity index (χ0) is 22.0. The van der Waals surface area contributed by atoms with Crippen LogP contribution in [0.15, 0.2) is 30.3 Å². The molecular formula is C18H23N3O8. The molecule has 0 radical (unpaired) electrons. The number of carboxylic acid groups (broad SMARTS) is 3. The van der Waals surface area contributed by atoms with Gasteiger partial charge in [0.1, 0.15) is 12.1 Å². The van der Waals surface area contributed by atoms with Crippen LogP contribution < -0.4 is 16.4 Å². The number of amides is 2. The highest BCUT2D eigenvalue weighted by Crippen LogP contribution is 2.05. The van der Waals surface area contributed by atoms with Gasteiger partial charge in [-0.25, -0.2) is 4.79 Å². The molecule has 0 spiro atoms. The number of aliphatic carboxylic acids is 3. The summed E-state index contributed by atoms with van der Waals surface area (Å²) < 4.78 is 0. The van der Waals surface area contributed by atoms with E-state index in [4.69, 9.17) is 15.9 Å². The lowest BCUT2D eigenvalue weighted by atomic mass is 10.0. The Morgan fingerprint density at radius 3 is 1.97 bits per heavy atom. The molecule has 158 valence electrons. The van der Waals surface area contributed by atoms with Crippen molar-refractivity contribution in [3.05, 3.63) is 35.9 Å². The van der Waals surface area contributed by atoms with Crippen LogP contribution in [0.3, 0.4) is 0 Å². The second-order valence-electron chi connectivity index (χ2n) is 6.29. The molecule has 0 unspecified atom stereocenters. The van der Waals surface area contributed by atoms with Gasteiger partial charge < -0.3 is 31.7 Å². The van der Waals surface area contributed by atoms with Crippen molar-refractivity contribution < 1.29 is 39.3 Å². The van der Waals surface area contributed by atoms with E-state index in [0.29, 0.717) is 5.56 Å². The maximum Gasteiger partial charge on any atom is 0.326 e. The van der Waals surface area contributed by atoms with E-state index in [1.54, 1.807) is 30.3 Å². The number of carboxylic acids is 3. The molecule has 0 saturated heterocycles. The van der Waals surface area contributed by atoms with Crippen molar-refractivity contribution in [1.29, 1.82) is 0 Å². The smallest absolute Gasteiger partial charge is 0.326 e. The molecule has 0 saturated carbocycles. The van der Waals surface area contributed by atoms with Crippen molar-refractivity contribution in [3.8, 4) is 0 Å². The number of hydrogen-bond donors (Lipinski definition) is 6. The molecule has 0 bridgehead atoms. The van der Waals surface area contributed by atoms with Gasteiger partial charge >= 0.3 is 17.9 Å². The molecule has 0 aliphatic heterocycles. The van der Waals surface area contributed by atoms with Crippen molar-refractivity contribution in [3.63, 3.8) is 0 Å². The molecule has 11 heteroatoms. The molecule has 0 fully saturated rings. The van der Waals surface area contributed by atoms with Crippen molar-refractivity contribution in [2.24, 2.45) is 5.73 Å². The standard InChI is InChI=1S/C18H23N3O8/c19-11(6-7-14(22)23)16(26)20-12(9-15(24)25)17(27)21-13(18(28)29)8-10-4-2-1-3-5-10/h1-5,11-13H,6-9,19H2,(H,20,26)(H,21,27)(H,22,23)(H,24,25)(H,28,29)/t11-,12-,13-/m0/s1. The predicted octanol–water partition coefficient (Wildman–Crippen LogP) is -1.05. The van der Waals surface area contributed by atoms with Crippen LogP contribution in [0.2, 0.25) is 0 Å². The number of carbonyl (C=O) groups is 5. The van der Waals surface area contributed by atoms with E-state index in [0.717, 1.165) is 0 Å². The highest BCUT2D eigenvalue weighted by molar-refractivity contribution is 5.94. The van der Waals surface area contributed by atoms with Crippen LogP contribution in [0.5, 0.6) is 0 Å². The largest absolute Gasteiger partial charge is 0.481 e. The summed E-state index contributed by atoms with van der Waals surface area (Å²) in [6.07, 6.45) is -1.45. The molecular weight excluding hydrogens is 386 g/mol. The number of hydrogen-bond acceptors (Lipinski definition) is 6. The number of nitrogens with one attached hydrogen (secondary N) is 2. The van der Waals surface area contributed by atoms with Crippen LogP contribution >= 0.6 is 0 Å². The van der Waals surface area contributed by atoms with E-state index >= 15 is 0 Å².